The largest absolute Gasteiger partial charge is 0.130 e. The van der Waals surface area contributed by atoms with Gasteiger partial charge in [0.1, 0.15) is 0 Å². The van der Waals surface area contributed by atoms with E-state index < -0.39 is 0 Å². The van der Waals surface area contributed by atoms with Gasteiger partial charge in [-0.25, -0.2) is 0 Å². The third-order valence-electron chi connectivity index (χ3n) is 1.67. The molecule has 0 aromatic carbocycles. The molecular formula is C14H16S2. The summed E-state index contributed by atoms with van der Waals surface area (Å²) in [5.74, 6) is 2.20. The van der Waals surface area contributed by atoms with Gasteiger partial charge in [0.05, 0.1) is 0 Å². The molecule has 0 atom stereocenters. The van der Waals surface area contributed by atoms with Gasteiger partial charge in [0.15, 0.2) is 0 Å². The molecule has 2 aliphatic rings. The van der Waals surface area contributed by atoms with Gasteiger partial charge in [0.2, 0.25) is 0 Å². The van der Waals surface area contributed by atoms with Crippen LogP contribution in [0.5, 0.6) is 0 Å². The standard InChI is InChI=1S/2C7H8S/c2*1-2-4-6-8-7-5-3-1/h2*1-6H,7H2. The SMILES string of the molecule is C1=CC=CSCC=C1.C1=CC=CSCC=C1. The second-order valence-corrected chi connectivity index (χ2v) is 4.83. The van der Waals surface area contributed by atoms with E-state index in [0.29, 0.717) is 0 Å². The van der Waals surface area contributed by atoms with Gasteiger partial charge >= 0.3 is 0 Å². The maximum absolute atomic E-state index is 2.14. The Bertz CT molecular complexity index is 265. The van der Waals surface area contributed by atoms with Crippen molar-refractivity contribution < 1.29 is 0 Å². The maximum Gasteiger partial charge on any atom is 0.0157 e. The lowest BCUT2D eigenvalue weighted by atomic mass is 10.4. The normalized spacial score (nSPS) is 18.0. The lowest BCUT2D eigenvalue weighted by Crippen LogP contribution is -1.65. The van der Waals surface area contributed by atoms with E-state index in [0.717, 1.165) is 11.5 Å². The highest BCUT2D eigenvalue weighted by atomic mass is 32.2. The third-order valence-corrected chi connectivity index (χ3v) is 3.14. The summed E-state index contributed by atoms with van der Waals surface area (Å²) in [5.41, 5.74) is 0. The van der Waals surface area contributed by atoms with Gasteiger partial charge < -0.3 is 0 Å². The summed E-state index contributed by atoms with van der Waals surface area (Å²) in [6.45, 7) is 0. The first-order valence-corrected chi connectivity index (χ1v) is 7.30. The molecule has 0 aromatic heterocycles. The van der Waals surface area contributed by atoms with E-state index in [1.165, 1.54) is 0 Å². The summed E-state index contributed by atoms with van der Waals surface area (Å²) in [6.07, 6.45) is 20.7. The molecule has 2 rings (SSSR count). The molecule has 0 saturated carbocycles. The molecule has 0 amide bonds. The van der Waals surface area contributed by atoms with Gasteiger partial charge in [-0.3, -0.25) is 0 Å². The van der Waals surface area contributed by atoms with E-state index in [4.69, 9.17) is 0 Å². The zero-order chi connectivity index (χ0) is 11.3. The van der Waals surface area contributed by atoms with Gasteiger partial charge in [-0.1, -0.05) is 60.8 Å². The Labute approximate surface area is 107 Å². The van der Waals surface area contributed by atoms with Crippen molar-refractivity contribution in [1.29, 1.82) is 0 Å². The van der Waals surface area contributed by atoms with E-state index in [1.54, 1.807) is 0 Å². The van der Waals surface area contributed by atoms with E-state index in [9.17, 15) is 0 Å². The molecule has 0 radical (unpaired) electrons. The summed E-state index contributed by atoms with van der Waals surface area (Å²) < 4.78 is 0. The number of hydrogen-bond acceptors (Lipinski definition) is 2. The average Bonchev–Trinajstić information content (AvgIpc) is 2.15. The fraction of sp³-hybridized carbons (Fsp3) is 0.143. The minimum absolute atomic E-state index is 1.10. The van der Waals surface area contributed by atoms with Crippen molar-refractivity contribution in [2.45, 2.75) is 0 Å². The van der Waals surface area contributed by atoms with Crippen LogP contribution in [0.25, 0.3) is 0 Å². The Balaban J connectivity index is 0.000000160. The van der Waals surface area contributed by atoms with E-state index in [1.807, 2.05) is 60.0 Å². The molecular weight excluding hydrogens is 232 g/mol. The zero-order valence-corrected chi connectivity index (χ0v) is 10.8. The average molecular weight is 248 g/mol. The highest BCUT2D eigenvalue weighted by Gasteiger charge is 1.76. The lowest BCUT2D eigenvalue weighted by Gasteiger charge is -1.86. The third kappa shape index (κ3) is 8.45. The number of allylic oxidation sites excluding steroid dienone is 8. The second kappa shape index (κ2) is 10.7. The summed E-state index contributed by atoms with van der Waals surface area (Å²) in [7, 11) is 0. The topological polar surface area (TPSA) is 0 Å². The van der Waals surface area contributed by atoms with Crippen LogP contribution in [0.3, 0.4) is 0 Å². The molecule has 0 aliphatic carbocycles. The smallest absolute Gasteiger partial charge is 0.0157 e. The van der Waals surface area contributed by atoms with Crippen molar-refractivity contribution in [3.63, 3.8) is 0 Å². The van der Waals surface area contributed by atoms with Crippen LogP contribution < -0.4 is 0 Å². The molecule has 2 heterocycles. The van der Waals surface area contributed by atoms with Crippen molar-refractivity contribution in [2.24, 2.45) is 0 Å². The molecule has 0 nitrogen and oxygen atoms in total. The van der Waals surface area contributed by atoms with Crippen molar-refractivity contribution in [3.05, 3.63) is 71.6 Å². The minimum Gasteiger partial charge on any atom is -0.130 e. The first-order chi connectivity index (χ1) is 8.00. The molecule has 0 saturated heterocycles. The summed E-state index contributed by atoms with van der Waals surface area (Å²) in [5, 5.41) is 4.19. The van der Waals surface area contributed by atoms with Gasteiger partial charge in [-0.2, -0.15) is 0 Å². The summed E-state index contributed by atoms with van der Waals surface area (Å²) in [6, 6.07) is 0. The van der Waals surface area contributed by atoms with Crippen molar-refractivity contribution in [1.82, 2.24) is 0 Å². The monoisotopic (exact) mass is 248 g/mol. The van der Waals surface area contributed by atoms with E-state index in [2.05, 4.69) is 35.1 Å². The summed E-state index contributed by atoms with van der Waals surface area (Å²) >= 11 is 3.62. The van der Waals surface area contributed by atoms with Crippen LogP contribution >= 0.6 is 23.5 Å². The molecule has 16 heavy (non-hydrogen) atoms. The van der Waals surface area contributed by atoms with Crippen LogP contribution in [0.15, 0.2) is 71.6 Å². The number of hydrogen-bond donors (Lipinski definition) is 0. The molecule has 0 N–H and O–H groups in total. The predicted molar refractivity (Wildman–Crippen MR) is 79.8 cm³/mol. The zero-order valence-electron chi connectivity index (χ0n) is 9.16. The van der Waals surface area contributed by atoms with Gasteiger partial charge in [-0.05, 0) is 10.8 Å². The first kappa shape index (κ1) is 13.2. The van der Waals surface area contributed by atoms with Crippen LogP contribution in [-0.4, -0.2) is 11.5 Å². The van der Waals surface area contributed by atoms with Crippen LogP contribution in [0.1, 0.15) is 0 Å². The van der Waals surface area contributed by atoms with Crippen LogP contribution in [-0.2, 0) is 0 Å². The Hall–Kier alpha value is -0.860. The van der Waals surface area contributed by atoms with Crippen LogP contribution in [0.4, 0.5) is 0 Å². The van der Waals surface area contributed by atoms with Crippen molar-refractivity contribution in [3.8, 4) is 0 Å². The molecule has 0 spiro atoms. The molecule has 2 aliphatic heterocycles. The van der Waals surface area contributed by atoms with E-state index >= 15 is 0 Å². The number of thioether (sulfide) groups is 2. The fourth-order valence-corrected chi connectivity index (χ4v) is 2.02. The fourth-order valence-electron chi connectivity index (χ4n) is 0.949. The molecule has 0 fully saturated rings. The molecule has 0 aromatic rings. The van der Waals surface area contributed by atoms with Crippen LogP contribution in [0, 0.1) is 0 Å². The van der Waals surface area contributed by atoms with Gasteiger partial charge in [0, 0.05) is 11.5 Å². The van der Waals surface area contributed by atoms with Crippen molar-refractivity contribution >= 4 is 23.5 Å². The summed E-state index contributed by atoms with van der Waals surface area (Å²) in [4.78, 5) is 0. The van der Waals surface area contributed by atoms with E-state index in [-0.39, 0.29) is 0 Å². The second-order valence-electron chi connectivity index (χ2n) is 2.95. The highest BCUT2D eigenvalue weighted by molar-refractivity contribution is 8.02. The molecule has 84 valence electrons. The predicted octanol–water partition coefficient (Wildman–Crippen LogP) is 4.72. The van der Waals surface area contributed by atoms with Crippen LogP contribution in [0.2, 0.25) is 0 Å². The quantitative estimate of drug-likeness (QED) is 0.608. The Morgan fingerprint density at radius 3 is 1.44 bits per heavy atom. The molecule has 0 bridgehead atoms. The lowest BCUT2D eigenvalue weighted by molar-refractivity contribution is 1.74. The maximum atomic E-state index is 2.14. The molecule has 0 unspecified atom stereocenters. The Kier molecular flexibility index (Phi) is 8.79. The van der Waals surface area contributed by atoms with Crippen molar-refractivity contribution in [2.75, 3.05) is 11.5 Å². The van der Waals surface area contributed by atoms with Gasteiger partial charge in [0.25, 0.3) is 0 Å². The Morgan fingerprint density at radius 1 is 0.500 bits per heavy atom. The highest BCUT2D eigenvalue weighted by Crippen LogP contribution is 2.04. The number of rotatable bonds is 0. The minimum atomic E-state index is 1.10. The first-order valence-electron chi connectivity index (χ1n) is 5.20. The Morgan fingerprint density at radius 2 is 0.938 bits per heavy atom. The molecule has 2 heteroatoms. The van der Waals surface area contributed by atoms with Gasteiger partial charge in [-0.15, -0.1) is 23.5 Å².